The van der Waals surface area contributed by atoms with Gasteiger partial charge in [-0.05, 0) is 37.8 Å². The highest BCUT2D eigenvalue weighted by molar-refractivity contribution is 5.70. The Morgan fingerprint density at radius 2 is 1.96 bits per heavy atom. The van der Waals surface area contributed by atoms with E-state index in [9.17, 15) is 4.79 Å². The van der Waals surface area contributed by atoms with Gasteiger partial charge in [0, 0.05) is 31.4 Å². The van der Waals surface area contributed by atoms with E-state index in [1.54, 1.807) is 0 Å². The molecule has 1 aromatic carbocycles. The summed E-state index contributed by atoms with van der Waals surface area (Å²) in [5.74, 6) is 0.541. The number of aryl methyl sites for hydroxylation is 2. The number of nitrogens with zero attached hydrogens (tertiary/aromatic N) is 3. The summed E-state index contributed by atoms with van der Waals surface area (Å²) in [6.45, 7) is 6.15. The maximum Gasteiger partial charge on any atom is 0.306 e. The van der Waals surface area contributed by atoms with E-state index in [0.717, 1.165) is 11.5 Å². The average molecular weight is 340 g/mol. The molecule has 1 aromatic heterocycles. The van der Waals surface area contributed by atoms with Crippen molar-refractivity contribution in [1.82, 2.24) is 9.97 Å². The van der Waals surface area contributed by atoms with Crippen molar-refractivity contribution in [2.24, 2.45) is 5.92 Å². The summed E-state index contributed by atoms with van der Waals surface area (Å²) in [7, 11) is 0. The van der Waals surface area contributed by atoms with E-state index < -0.39 is 5.97 Å². The number of benzene rings is 1. The summed E-state index contributed by atoms with van der Waals surface area (Å²) < 4.78 is 0. The molecule has 1 aliphatic heterocycles. The third-order valence-electron chi connectivity index (χ3n) is 4.71. The smallest absolute Gasteiger partial charge is 0.306 e. The van der Waals surface area contributed by atoms with Crippen LogP contribution in [0.1, 0.15) is 29.7 Å². The lowest BCUT2D eigenvalue weighted by Crippen LogP contribution is -2.37. The Bertz CT molecular complexity index is 755. The fraction of sp³-hybridized carbons (Fsp3) is 0.421. The van der Waals surface area contributed by atoms with Gasteiger partial charge in [-0.15, -0.1) is 0 Å². The van der Waals surface area contributed by atoms with E-state index in [2.05, 4.69) is 39.2 Å². The first-order valence-electron chi connectivity index (χ1n) is 8.65. The Kier molecular flexibility index (Phi) is 5.16. The third-order valence-corrected chi connectivity index (χ3v) is 4.71. The number of nitrogens with one attached hydrogen (secondary N) is 1. The van der Waals surface area contributed by atoms with Gasteiger partial charge in [-0.2, -0.15) is 4.98 Å². The molecule has 25 heavy (non-hydrogen) atoms. The second-order valence-electron chi connectivity index (χ2n) is 6.57. The van der Waals surface area contributed by atoms with E-state index in [-0.39, 0.29) is 5.92 Å². The lowest BCUT2D eigenvalue weighted by molar-refractivity contribution is -0.142. The van der Waals surface area contributed by atoms with Gasteiger partial charge in [0.05, 0.1) is 5.92 Å². The minimum absolute atomic E-state index is 0.238. The van der Waals surface area contributed by atoms with E-state index >= 15 is 0 Å². The number of aliphatic carboxylic acids is 1. The zero-order valence-corrected chi connectivity index (χ0v) is 14.7. The molecule has 0 atom stereocenters. The van der Waals surface area contributed by atoms with Crippen LogP contribution in [0.25, 0.3) is 0 Å². The summed E-state index contributed by atoms with van der Waals surface area (Å²) in [6, 6.07) is 10.2. The molecule has 0 radical (unpaired) electrons. The molecule has 0 spiro atoms. The maximum absolute atomic E-state index is 11.1. The molecule has 6 heteroatoms. The Labute approximate surface area is 147 Å². The molecule has 0 bridgehead atoms. The number of hydrogen-bond acceptors (Lipinski definition) is 5. The van der Waals surface area contributed by atoms with Crippen LogP contribution in [0.4, 0.5) is 11.8 Å². The molecule has 0 saturated carbocycles. The SMILES string of the molecule is Cc1cc(N2CCC(C(=O)O)CC2)nc(NCc2ccccc2C)n1. The lowest BCUT2D eigenvalue weighted by atomic mass is 9.97. The molecule has 2 heterocycles. The summed E-state index contributed by atoms with van der Waals surface area (Å²) in [5, 5.41) is 12.4. The first kappa shape index (κ1) is 17.2. The normalized spacial score (nSPS) is 15.2. The zero-order valence-electron chi connectivity index (χ0n) is 14.7. The topological polar surface area (TPSA) is 78.4 Å². The van der Waals surface area contributed by atoms with Crippen LogP contribution >= 0.6 is 0 Å². The van der Waals surface area contributed by atoms with E-state index in [0.29, 0.717) is 38.4 Å². The highest BCUT2D eigenvalue weighted by Crippen LogP contribution is 2.23. The summed E-state index contributed by atoms with van der Waals surface area (Å²) in [4.78, 5) is 22.3. The molecular weight excluding hydrogens is 316 g/mol. The van der Waals surface area contributed by atoms with Crippen molar-refractivity contribution in [2.75, 3.05) is 23.3 Å². The number of anilines is 2. The van der Waals surface area contributed by atoms with Crippen LogP contribution in [0.5, 0.6) is 0 Å². The van der Waals surface area contributed by atoms with Gasteiger partial charge in [0.2, 0.25) is 5.95 Å². The first-order valence-corrected chi connectivity index (χ1v) is 8.65. The van der Waals surface area contributed by atoms with Crippen molar-refractivity contribution in [3.8, 4) is 0 Å². The number of carboxylic acids is 1. The molecule has 0 amide bonds. The van der Waals surface area contributed by atoms with E-state index in [4.69, 9.17) is 5.11 Å². The zero-order chi connectivity index (χ0) is 17.8. The van der Waals surface area contributed by atoms with Gasteiger partial charge in [-0.1, -0.05) is 24.3 Å². The molecule has 1 saturated heterocycles. The summed E-state index contributed by atoms with van der Waals surface area (Å²) >= 11 is 0. The number of carbonyl (C=O) groups is 1. The molecule has 132 valence electrons. The van der Waals surface area contributed by atoms with Crippen molar-refractivity contribution in [2.45, 2.75) is 33.2 Å². The number of aromatic nitrogens is 2. The second kappa shape index (κ2) is 7.51. The van der Waals surface area contributed by atoms with E-state index in [1.807, 2.05) is 25.1 Å². The van der Waals surface area contributed by atoms with Crippen molar-refractivity contribution >= 4 is 17.7 Å². The Balaban J connectivity index is 1.69. The number of rotatable bonds is 5. The van der Waals surface area contributed by atoms with Gasteiger partial charge in [0.25, 0.3) is 0 Å². The average Bonchev–Trinajstić information content (AvgIpc) is 2.60. The maximum atomic E-state index is 11.1. The highest BCUT2D eigenvalue weighted by Gasteiger charge is 2.25. The molecule has 1 aliphatic rings. The van der Waals surface area contributed by atoms with Crippen molar-refractivity contribution < 1.29 is 9.90 Å². The van der Waals surface area contributed by atoms with Crippen LogP contribution in [0.2, 0.25) is 0 Å². The van der Waals surface area contributed by atoms with Crippen molar-refractivity contribution in [3.63, 3.8) is 0 Å². The number of carboxylic acid groups (broad SMARTS) is 1. The minimum atomic E-state index is -0.695. The van der Waals surface area contributed by atoms with Gasteiger partial charge in [0.1, 0.15) is 5.82 Å². The molecular formula is C19H24N4O2. The Morgan fingerprint density at radius 3 is 2.64 bits per heavy atom. The fourth-order valence-corrected chi connectivity index (χ4v) is 3.13. The Morgan fingerprint density at radius 1 is 1.24 bits per heavy atom. The van der Waals surface area contributed by atoms with Crippen LogP contribution in [-0.4, -0.2) is 34.1 Å². The van der Waals surface area contributed by atoms with Crippen LogP contribution in [-0.2, 0) is 11.3 Å². The monoisotopic (exact) mass is 340 g/mol. The molecule has 3 rings (SSSR count). The van der Waals surface area contributed by atoms with Crippen molar-refractivity contribution in [1.29, 1.82) is 0 Å². The lowest BCUT2D eigenvalue weighted by Gasteiger charge is -2.31. The van der Waals surface area contributed by atoms with Crippen molar-refractivity contribution in [3.05, 3.63) is 47.2 Å². The molecule has 6 nitrogen and oxygen atoms in total. The van der Waals surface area contributed by atoms with Crippen LogP contribution < -0.4 is 10.2 Å². The molecule has 1 fully saturated rings. The van der Waals surface area contributed by atoms with Gasteiger partial charge in [0.15, 0.2) is 0 Å². The highest BCUT2D eigenvalue weighted by atomic mass is 16.4. The van der Waals surface area contributed by atoms with E-state index in [1.165, 1.54) is 11.1 Å². The van der Waals surface area contributed by atoms with Gasteiger partial charge in [-0.3, -0.25) is 4.79 Å². The standard InChI is InChI=1S/C19H24N4O2/c1-13-5-3-4-6-16(13)12-20-19-21-14(2)11-17(22-19)23-9-7-15(8-10-23)18(24)25/h3-6,11,15H,7-10,12H2,1-2H3,(H,24,25)(H,20,21,22). The molecule has 2 N–H and O–H groups in total. The summed E-state index contributed by atoms with van der Waals surface area (Å²) in [5.41, 5.74) is 3.35. The first-order chi connectivity index (χ1) is 12.0. The predicted molar refractivity (Wildman–Crippen MR) is 97.8 cm³/mol. The number of hydrogen-bond donors (Lipinski definition) is 2. The van der Waals surface area contributed by atoms with Gasteiger partial charge < -0.3 is 15.3 Å². The van der Waals surface area contributed by atoms with Crippen LogP contribution in [0, 0.1) is 19.8 Å². The van der Waals surface area contributed by atoms with Gasteiger partial charge >= 0.3 is 5.97 Å². The largest absolute Gasteiger partial charge is 0.481 e. The quantitative estimate of drug-likeness (QED) is 0.871. The number of piperidine rings is 1. The Hall–Kier alpha value is -2.63. The third kappa shape index (κ3) is 4.26. The van der Waals surface area contributed by atoms with Gasteiger partial charge in [-0.25, -0.2) is 4.98 Å². The van der Waals surface area contributed by atoms with Crippen LogP contribution in [0.3, 0.4) is 0 Å². The van der Waals surface area contributed by atoms with Crippen LogP contribution in [0.15, 0.2) is 30.3 Å². The molecule has 2 aromatic rings. The second-order valence-corrected chi connectivity index (χ2v) is 6.57. The minimum Gasteiger partial charge on any atom is -0.481 e. The molecule has 0 aliphatic carbocycles. The predicted octanol–water partition coefficient (Wildman–Crippen LogP) is 3.01. The summed E-state index contributed by atoms with van der Waals surface area (Å²) in [6.07, 6.45) is 1.31. The fourth-order valence-electron chi connectivity index (χ4n) is 3.13. The molecule has 0 unspecified atom stereocenters.